The number of rotatable bonds is 6. The van der Waals surface area contributed by atoms with Crippen molar-refractivity contribution in [3.63, 3.8) is 0 Å². The molecule has 1 amide bonds. The quantitative estimate of drug-likeness (QED) is 0.423. The Labute approximate surface area is 207 Å². The highest BCUT2D eigenvalue weighted by Crippen LogP contribution is 2.26. The molecule has 1 aliphatic heterocycles. The van der Waals surface area contributed by atoms with E-state index in [2.05, 4.69) is 15.4 Å². The van der Waals surface area contributed by atoms with Crippen molar-refractivity contribution < 1.29 is 13.9 Å². The molecule has 0 radical (unpaired) electrons. The van der Waals surface area contributed by atoms with Crippen LogP contribution in [0.5, 0.6) is 0 Å². The smallest absolute Gasteiger partial charge is 0.252 e. The number of carbonyl (C=O) groups excluding carboxylic acids is 1. The molecule has 4 aromatic rings. The van der Waals surface area contributed by atoms with Crippen molar-refractivity contribution in [1.82, 2.24) is 25.1 Å². The van der Waals surface area contributed by atoms with Crippen LogP contribution in [0.4, 0.5) is 4.39 Å². The fourth-order valence-electron chi connectivity index (χ4n) is 4.41. The third-order valence-electron chi connectivity index (χ3n) is 6.41. The molecule has 180 valence electrons. The van der Waals surface area contributed by atoms with Crippen LogP contribution < -0.4 is 5.32 Å². The Morgan fingerprint density at radius 1 is 1.23 bits per heavy atom. The molecular weight excluding hydrogens is 469 g/mol. The molecule has 3 heterocycles. The molecule has 9 heteroatoms. The molecule has 2 aromatic carbocycles. The molecule has 7 nitrogen and oxygen atoms in total. The lowest BCUT2D eigenvalue weighted by Gasteiger charge is -2.21. The van der Waals surface area contributed by atoms with Gasteiger partial charge in [0.1, 0.15) is 11.6 Å². The number of carbonyl (C=O) groups is 1. The third kappa shape index (κ3) is 5.18. The van der Waals surface area contributed by atoms with Crippen molar-refractivity contribution in [2.24, 2.45) is 13.0 Å². The number of hydrogen-bond donors (Lipinski definition) is 1. The minimum atomic E-state index is -0.619. The highest BCUT2D eigenvalue weighted by molar-refractivity contribution is 6.30. The van der Waals surface area contributed by atoms with Gasteiger partial charge < -0.3 is 10.1 Å². The van der Waals surface area contributed by atoms with Crippen LogP contribution in [0.2, 0.25) is 5.02 Å². The molecule has 1 aliphatic rings. The number of halogens is 2. The molecule has 0 saturated carbocycles. The fourth-order valence-corrected chi connectivity index (χ4v) is 4.53. The van der Waals surface area contributed by atoms with Gasteiger partial charge in [0.15, 0.2) is 0 Å². The van der Waals surface area contributed by atoms with Crippen LogP contribution in [-0.2, 0) is 18.2 Å². The van der Waals surface area contributed by atoms with E-state index in [1.165, 1.54) is 12.1 Å². The van der Waals surface area contributed by atoms with Crippen LogP contribution in [0.1, 0.15) is 46.3 Å². The van der Waals surface area contributed by atoms with Crippen LogP contribution >= 0.6 is 11.6 Å². The van der Waals surface area contributed by atoms with Gasteiger partial charge >= 0.3 is 0 Å². The molecule has 1 N–H and O–H groups in total. The van der Waals surface area contributed by atoms with Crippen molar-refractivity contribution in [3.05, 3.63) is 88.3 Å². The van der Waals surface area contributed by atoms with Crippen molar-refractivity contribution >= 4 is 28.4 Å². The Balaban J connectivity index is 1.42. The number of hydrogen-bond acceptors (Lipinski definition) is 5. The number of benzene rings is 2. The van der Waals surface area contributed by atoms with Gasteiger partial charge in [-0.25, -0.2) is 14.4 Å². The maximum Gasteiger partial charge on any atom is 0.252 e. The van der Waals surface area contributed by atoms with E-state index in [0.717, 1.165) is 43.7 Å². The van der Waals surface area contributed by atoms with E-state index in [0.29, 0.717) is 28.3 Å². The second-order valence-corrected chi connectivity index (χ2v) is 9.19. The summed E-state index contributed by atoms with van der Waals surface area (Å²) in [5, 5.41) is 8.10. The lowest BCUT2D eigenvalue weighted by atomic mass is 9.96. The average Bonchev–Trinajstić information content (AvgIpc) is 3.29. The van der Waals surface area contributed by atoms with Crippen LogP contribution in [0, 0.1) is 11.7 Å². The monoisotopic (exact) mass is 493 g/mol. The molecular formula is C26H25ClFN5O2. The Hall–Kier alpha value is -3.36. The minimum absolute atomic E-state index is 0.0228. The van der Waals surface area contributed by atoms with E-state index >= 15 is 0 Å². The van der Waals surface area contributed by atoms with Gasteiger partial charge in [0.25, 0.3) is 5.91 Å². The van der Waals surface area contributed by atoms with Crippen LogP contribution in [-0.4, -0.2) is 38.9 Å². The lowest BCUT2D eigenvalue weighted by Crippen LogP contribution is -2.30. The number of nitrogens with zero attached hydrogens (tertiary/aromatic N) is 4. The first kappa shape index (κ1) is 23.4. The van der Waals surface area contributed by atoms with Gasteiger partial charge in [0.05, 0.1) is 22.3 Å². The third-order valence-corrected chi connectivity index (χ3v) is 6.72. The van der Waals surface area contributed by atoms with Crippen molar-refractivity contribution in [1.29, 1.82) is 0 Å². The Bertz CT molecular complexity index is 1370. The van der Waals surface area contributed by atoms with Crippen molar-refractivity contribution in [2.75, 3.05) is 13.2 Å². The molecule has 35 heavy (non-hydrogen) atoms. The Morgan fingerprint density at radius 2 is 2.06 bits per heavy atom. The Morgan fingerprint density at radius 3 is 2.80 bits per heavy atom. The SMILES string of the molecule is Cn1nccc1[C@@H](NC(=O)c1ccc2cnc(CC3CCOCC3)nc2c1)c1ccc(Cl)c(F)c1. The zero-order valence-electron chi connectivity index (χ0n) is 19.2. The molecule has 0 unspecified atom stereocenters. The zero-order chi connectivity index (χ0) is 24.4. The highest BCUT2D eigenvalue weighted by atomic mass is 35.5. The predicted octanol–water partition coefficient (Wildman–Crippen LogP) is 4.64. The van der Waals surface area contributed by atoms with E-state index < -0.39 is 11.9 Å². The second-order valence-electron chi connectivity index (χ2n) is 8.78. The summed E-state index contributed by atoms with van der Waals surface area (Å²) >= 11 is 5.87. The highest BCUT2D eigenvalue weighted by Gasteiger charge is 2.22. The summed E-state index contributed by atoms with van der Waals surface area (Å²) in [6, 6.07) is 11.0. The second kappa shape index (κ2) is 10.1. The van der Waals surface area contributed by atoms with Gasteiger partial charge in [-0.1, -0.05) is 23.7 Å². The van der Waals surface area contributed by atoms with E-state index in [9.17, 15) is 9.18 Å². The lowest BCUT2D eigenvalue weighted by molar-refractivity contribution is 0.0660. The number of ether oxygens (including phenoxy) is 1. The normalized spacial score (nSPS) is 15.3. The maximum absolute atomic E-state index is 14.2. The van der Waals surface area contributed by atoms with Crippen LogP contribution in [0.25, 0.3) is 10.9 Å². The standard InChI is InChI=1S/C26H25ClFN5O2/c1-33-23(6-9-30-33)25(17-4-5-20(27)21(28)13-17)32-26(34)18-2-3-19-15-29-24(31-22(19)14-18)12-16-7-10-35-11-8-16/h2-6,9,13-16,25H,7-8,10-12H2,1H3,(H,32,34)/t25-/m0/s1. The summed E-state index contributed by atoms with van der Waals surface area (Å²) in [6.07, 6.45) is 6.23. The van der Waals surface area contributed by atoms with E-state index in [1.54, 1.807) is 48.4 Å². The first-order valence-electron chi connectivity index (χ1n) is 11.5. The molecule has 5 rings (SSSR count). The number of aryl methyl sites for hydroxylation is 1. The van der Waals surface area contributed by atoms with E-state index in [1.807, 2.05) is 6.07 Å². The number of fused-ring (bicyclic) bond motifs is 1. The van der Waals surface area contributed by atoms with Gasteiger partial charge in [-0.05, 0) is 54.7 Å². The molecule has 2 aromatic heterocycles. The molecule has 1 saturated heterocycles. The van der Waals surface area contributed by atoms with E-state index in [-0.39, 0.29) is 10.9 Å². The zero-order valence-corrected chi connectivity index (χ0v) is 20.0. The maximum atomic E-state index is 14.2. The predicted molar refractivity (Wildman–Crippen MR) is 131 cm³/mol. The van der Waals surface area contributed by atoms with Gasteiger partial charge in [-0.2, -0.15) is 5.10 Å². The van der Waals surface area contributed by atoms with Gasteiger partial charge in [-0.3, -0.25) is 9.48 Å². The van der Waals surface area contributed by atoms with Crippen molar-refractivity contribution in [3.8, 4) is 0 Å². The van der Waals surface area contributed by atoms with E-state index in [4.69, 9.17) is 21.3 Å². The molecule has 0 bridgehead atoms. The molecule has 0 spiro atoms. The molecule has 1 atom stereocenters. The van der Waals surface area contributed by atoms with Crippen molar-refractivity contribution in [2.45, 2.75) is 25.3 Å². The first-order chi connectivity index (χ1) is 17.0. The molecule has 0 aliphatic carbocycles. The number of amides is 1. The Kier molecular flexibility index (Phi) is 6.74. The number of aromatic nitrogens is 4. The number of nitrogens with one attached hydrogen (secondary N) is 1. The van der Waals surface area contributed by atoms with Gasteiger partial charge in [-0.15, -0.1) is 0 Å². The first-order valence-corrected chi connectivity index (χ1v) is 11.9. The minimum Gasteiger partial charge on any atom is -0.381 e. The van der Waals surface area contributed by atoms with Crippen LogP contribution in [0.15, 0.2) is 54.9 Å². The summed E-state index contributed by atoms with van der Waals surface area (Å²) in [5.74, 6) is 0.418. The molecule has 1 fully saturated rings. The summed E-state index contributed by atoms with van der Waals surface area (Å²) in [7, 11) is 1.77. The summed E-state index contributed by atoms with van der Waals surface area (Å²) in [6.45, 7) is 1.55. The topological polar surface area (TPSA) is 81.9 Å². The summed E-state index contributed by atoms with van der Waals surface area (Å²) in [5.41, 5.74) is 2.44. The van der Waals surface area contributed by atoms with Gasteiger partial charge in [0, 0.05) is 50.0 Å². The summed E-state index contributed by atoms with van der Waals surface area (Å²) in [4.78, 5) is 22.6. The largest absolute Gasteiger partial charge is 0.381 e. The fraction of sp³-hybridized carbons (Fsp3) is 0.308. The van der Waals surface area contributed by atoms with Gasteiger partial charge in [0.2, 0.25) is 0 Å². The van der Waals surface area contributed by atoms with Crippen LogP contribution in [0.3, 0.4) is 0 Å². The summed E-state index contributed by atoms with van der Waals surface area (Å²) < 4.78 is 21.3. The average molecular weight is 494 g/mol.